The molecule has 7 nitrogen and oxygen atoms in total. The molecule has 0 unspecified atom stereocenters. The number of hydrogen-bond donors (Lipinski definition) is 0. The number of hydrogen-bond acceptors (Lipinski definition) is 7. The highest BCUT2D eigenvalue weighted by Gasteiger charge is 1.96. The van der Waals surface area contributed by atoms with Crippen LogP contribution in [0, 0.1) is 0 Å². The van der Waals surface area contributed by atoms with Crippen molar-refractivity contribution in [3.63, 3.8) is 0 Å². The minimum Gasteiger partial charge on any atom is -0.379 e. The van der Waals surface area contributed by atoms with Gasteiger partial charge in [0, 0.05) is 6.61 Å². The Balaban J connectivity index is 3.00. The third-order valence-corrected chi connectivity index (χ3v) is 5.35. The topological polar surface area (TPSA) is 64.6 Å². The molecule has 0 bridgehead atoms. The number of unbranched alkanes of at least 4 members (excludes halogenated alkanes) is 10. The van der Waals surface area contributed by atoms with Gasteiger partial charge in [0.25, 0.3) is 0 Å². The fourth-order valence-electron chi connectivity index (χ4n) is 3.34. The van der Waals surface area contributed by atoms with Gasteiger partial charge in [-0.1, -0.05) is 71.1 Å². The zero-order valence-electron chi connectivity index (χ0n) is 22.6. The second-order valence-corrected chi connectivity index (χ2v) is 8.51. The van der Waals surface area contributed by atoms with E-state index in [-0.39, 0.29) is 6.61 Å². The molecule has 0 spiro atoms. The Bertz CT molecular complexity index is 332. The zero-order valence-corrected chi connectivity index (χ0v) is 22.6. The Morgan fingerprint density at radius 3 is 0.886 bits per heavy atom. The standard InChI is InChI=1S/C27H55FO7/c1-2-3-4-5-6-7-8-9-10-11-12-14-29-16-18-31-20-22-33-24-26-35-27-25-34-23-21-32-19-17-30-15-13-28/h2-27H2,1H3. The van der Waals surface area contributed by atoms with Crippen LogP contribution >= 0.6 is 0 Å². The first-order valence-corrected chi connectivity index (χ1v) is 14.0. The van der Waals surface area contributed by atoms with E-state index in [1.165, 1.54) is 64.2 Å². The summed E-state index contributed by atoms with van der Waals surface area (Å²) in [4.78, 5) is 0. The largest absolute Gasteiger partial charge is 0.379 e. The van der Waals surface area contributed by atoms with Crippen LogP contribution in [0.15, 0.2) is 0 Å². The van der Waals surface area contributed by atoms with E-state index in [1.807, 2.05) is 0 Å². The summed E-state index contributed by atoms with van der Waals surface area (Å²) in [6.07, 6.45) is 14.9. The van der Waals surface area contributed by atoms with Gasteiger partial charge in [0.05, 0.1) is 85.9 Å². The molecule has 0 fully saturated rings. The van der Waals surface area contributed by atoms with Crippen molar-refractivity contribution < 1.29 is 37.5 Å². The van der Waals surface area contributed by atoms with Crippen LogP contribution in [0.25, 0.3) is 0 Å². The highest BCUT2D eigenvalue weighted by molar-refractivity contribution is 4.48. The van der Waals surface area contributed by atoms with Crippen molar-refractivity contribution in [2.24, 2.45) is 0 Å². The molecule has 0 aliphatic rings. The van der Waals surface area contributed by atoms with E-state index in [0.717, 1.165) is 13.0 Å². The van der Waals surface area contributed by atoms with Crippen molar-refractivity contribution in [3.8, 4) is 0 Å². The summed E-state index contributed by atoms with van der Waals surface area (Å²) in [5.41, 5.74) is 0. The minimum absolute atomic E-state index is 0.127. The molecule has 0 heterocycles. The highest BCUT2D eigenvalue weighted by Crippen LogP contribution is 2.11. The maximum Gasteiger partial charge on any atom is 0.113 e. The molecule has 0 aromatic heterocycles. The Labute approximate surface area is 214 Å². The van der Waals surface area contributed by atoms with Gasteiger partial charge in [0.2, 0.25) is 0 Å². The lowest BCUT2D eigenvalue weighted by Crippen LogP contribution is -2.14. The molecule has 212 valence electrons. The second kappa shape index (κ2) is 33.7. The normalized spacial score (nSPS) is 11.5. The molecule has 0 amide bonds. The van der Waals surface area contributed by atoms with Crippen LogP contribution in [-0.2, 0) is 33.2 Å². The Hall–Kier alpha value is -0.350. The molecule has 0 aliphatic heterocycles. The summed E-state index contributed by atoms with van der Waals surface area (Å²) in [5, 5.41) is 0. The number of alkyl halides is 1. The van der Waals surface area contributed by atoms with E-state index in [1.54, 1.807) is 0 Å². The van der Waals surface area contributed by atoms with Crippen LogP contribution in [0.1, 0.15) is 77.6 Å². The van der Waals surface area contributed by atoms with Crippen LogP contribution in [-0.4, -0.2) is 99.2 Å². The van der Waals surface area contributed by atoms with E-state index in [2.05, 4.69) is 6.92 Å². The van der Waals surface area contributed by atoms with E-state index in [9.17, 15) is 4.39 Å². The molecule has 0 rings (SSSR count). The van der Waals surface area contributed by atoms with Gasteiger partial charge < -0.3 is 33.2 Å². The van der Waals surface area contributed by atoms with E-state index < -0.39 is 6.67 Å². The van der Waals surface area contributed by atoms with Gasteiger partial charge in [-0.15, -0.1) is 0 Å². The maximum atomic E-state index is 11.8. The van der Waals surface area contributed by atoms with Crippen molar-refractivity contribution in [2.75, 3.05) is 99.2 Å². The summed E-state index contributed by atoms with van der Waals surface area (Å²) in [5.74, 6) is 0. The summed E-state index contributed by atoms with van der Waals surface area (Å²) in [7, 11) is 0. The van der Waals surface area contributed by atoms with Gasteiger partial charge in [-0.2, -0.15) is 0 Å². The van der Waals surface area contributed by atoms with E-state index >= 15 is 0 Å². The van der Waals surface area contributed by atoms with E-state index in [4.69, 9.17) is 33.2 Å². The van der Waals surface area contributed by atoms with Crippen LogP contribution < -0.4 is 0 Å². The van der Waals surface area contributed by atoms with Crippen molar-refractivity contribution in [1.29, 1.82) is 0 Å². The van der Waals surface area contributed by atoms with Crippen LogP contribution in [0.4, 0.5) is 4.39 Å². The van der Waals surface area contributed by atoms with Gasteiger partial charge in [-0.05, 0) is 6.42 Å². The first-order chi connectivity index (χ1) is 17.4. The Morgan fingerprint density at radius 2 is 0.571 bits per heavy atom. The molecule has 35 heavy (non-hydrogen) atoms. The average Bonchev–Trinajstić information content (AvgIpc) is 2.87. The lowest BCUT2D eigenvalue weighted by molar-refractivity contribution is -0.0208. The Morgan fingerprint density at radius 1 is 0.314 bits per heavy atom. The van der Waals surface area contributed by atoms with Crippen LogP contribution in [0.2, 0.25) is 0 Å². The highest BCUT2D eigenvalue weighted by atomic mass is 19.1. The monoisotopic (exact) mass is 510 g/mol. The van der Waals surface area contributed by atoms with Crippen molar-refractivity contribution >= 4 is 0 Å². The minimum atomic E-state index is -0.461. The van der Waals surface area contributed by atoms with Gasteiger partial charge in [-0.25, -0.2) is 4.39 Å². The zero-order chi connectivity index (χ0) is 25.3. The first kappa shape index (κ1) is 34.6. The molecule has 0 aliphatic carbocycles. The number of ether oxygens (including phenoxy) is 7. The van der Waals surface area contributed by atoms with Crippen molar-refractivity contribution in [1.82, 2.24) is 0 Å². The van der Waals surface area contributed by atoms with Crippen LogP contribution in [0.3, 0.4) is 0 Å². The lowest BCUT2D eigenvalue weighted by atomic mass is 10.1. The fourth-order valence-corrected chi connectivity index (χ4v) is 3.34. The molecule has 0 radical (unpaired) electrons. The molecular formula is C27H55FO7. The smallest absolute Gasteiger partial charge is 0.113 e. The molecule has 0 saturated heterocycles. The van der Waals surface area contributed by atoms with Gasteiger partial charge in [-0.3, -0.25) is 0 Å². The number of halogens is 1. The van der Waals surface area contributed by atoms with E-state index in [0.29, 0.717) is 79.3 Å². The molecular weight excluding hydrogens is 455 g/mol. The summed E-state index contributed by atoms with van der Waals surface area (Å²) < 4.78 is 49.5. The van der Waals surface area contributed by atoms with Gasteiger partial charge in [0.1, 0.15) is 6.67 Å². The molecule has 0 saturated carbocycles. The molecule has 8 heteroatoms. The number of rotatable bonds is 32. The summed E-state index contributed by atoms with van der Waals surface area (Å²) in [6, 6.07) is 0. The average molecular weight is 511 g/mol. The van der Waals surface area contributed by atoms with Gasteiger partial charge >= 0.3 is 0 Å². The molecule has 0 atom stereocenters. The van der Waals surface area contributed by atoms with Gasteiger partial charge in [0.15, 0.2) is 0 Å². The van der Waals surface area contributed by atoms with Crippen molar-refractivity contribution in [2.45, 2.75) is 77.6 Å². The lowest BCUT2D eigenvalue weighted by Gasteiger charge is -2.08. The second-order valence-electron chi connectivity index (χ2n) is 8.51. The third-order valence-electron chi connectivity index (χ3n) is 5.35. The fraction of sp³-hybridized carbons (Fsp3) is 1.00. The summed E-state index contributed by atoms with van der Waals surface area (Å²) >= 11 is 0. The maximum absolute atomic E-state index is 11.8. The predicted octanol–water partition coefficient (Wildman–Crippen LogP) is 5.38. The SMILES string of the molecule is CCCCCCCCCCCCCOCCOCCOCCOCCOCCOCCOCCF. The molecule has 0 N–H and O–H groups in total. The predicted molar refractivity (Wildman–Crippen MR) is 138 cm³/mol. The van der Waals surface area contributed by atoms with Crippen LogP contribution in [0.5, 0.6) is 0 Å². The summed E-state index contributed by atoms with van der Waals surface area (Å²) in [6.45, 7) is 9.15. The van der Waals surface area contributed by atoms with Crippen molar-refractivity contribution in [3.05, 3.63) is 0 Å². The third kappa shape index (κ3) is 33.6. The quantitative estimate of drug-likeness (QED) is 0.113. The molecule has 0 aromatic carbocycles. The first-order valence-electron chi connectivity index (χ1n) is 14.0. The Kier molecular flexibility index (Phi) is 33.3. The molecule has 0 aromatic rings.